The van der Waals surface area contributed by atoms with E-state index in [0.29, 0.717) is 16.1 Å². The second-order valence-electron chi connectivity index (χ2n) is 6.00. The van der Waals surface area contributed by atoms with Crippen LogP contribution in [0.2, 0.25) is 5.02 Å². The molecular weight excluding hydrogens is 343 g/mol. The lowest BCUT2D eigenvalue weighted by Gasteiger charge is -2.23. The number of nitrogens with one attached hydrogen (secondary N) is 1. The Balaban J connectivity index is 1.65. The average Bonchev–Trinajstić information content (AvgIpc) is 3.45. The molecule has 1 saturated carbocycles. The van der Waals surface area contributed by atoms with E-state index in [-0.39, 0.29) is 30.9 Å². The number of carbonyl (C=O) groups is 2. The molecule has 2 amide bonds. The Hall–Kier alpha value is -2.40. The van der Waals surface area contributed by atoms with Gasteiger partial charge in [-0.2, -0.15) is 0 Å². The number of halogens is 2. The van der Waals surface area contributed by atoms with Gasteiger partial charge < -0.3 is 10.2 Å². The average molecular weight is 361 g/mol. The number of carbonyl (C=O) groups excluding carboxylic acids is 2. The number of benzene rings is 2. The number of amides is 2. The molecule has 1 aliphatic carbocycles. The lowest BCUT2D eigenvalue weighted by atomic mass is 10.2. The van der Waals surface area contributed by atoms with Crippen LogP contribution < -0.4 is 5.32 Å². The van der Waals surface area contributed by atoms with Crippen LogP contribution in [0.4, 0.5) is 4.39 Å². The van der Waals surface area contributed by atoms with Gasteiger partial charge in [0.25, 0.3) is 5.91 Å². The molecule has 0 bridgehead atoms. The second kappa shape index (κ2) is 7.66. The molecule has 25 heavy (non-hydrogen) atoms. The molecule has 0 aliphatic heterocycles. The quantitative estimate of drug-likeness (QED) is 0.858. The summed E-state index contributed by atoms with van der Waals surface area (Å²) in [5, 5.41) is 2.92. The maximum Gasteiger partial charge on any atom is 0.251 e. The van der Waals surface area contributed by atoms with Gasteiger partial charge in [-0.25, -0.2) is 4.39 Å². The molecule has 2 aromatic carbocycles. The van der Waals surface area contributed by atoms with Crippen molar-refractivity contribution in [3.05, 3.63) is 70.5 Å². The van der Waals surface area contributed by atoms with Gasteiger partial charge in [0.15, 0.2) is 0 Å². The zero-order chi connectivity index (χ0) is 17.8. The van der Waals surface area contributed by atoms with Crippen molar-refractivity contribution in [1.29, 1.82) is 0 Å². The highest BCUT2D eigenvalue weighted by atomic mass is 35.5. The predicted octanol–water partition coefficient (Wildman–Crippen LogP) is 3.40. The third-order valence-corrected chi connectivity index (χ3v) is 4.49. The molecule has 0 radical (unpaired) electrons. The van der Waals surface area contributed by atoms with Gasteiger partial charge in [0.1, 0.15) is 5.82 Å². The van der Waals surface area contributed by atoms with Crippen LogP contribution in [0.5, 0.6) is 0 Å². The predicted molar refractivity (Wildman–Crippen MR) is 93.8 cm³/mol. The molecule has 0 saturated heterocycles. The minimum atomic E-state index is -0.431. The van der Waals surface area contributed by atoms with Crippen molar-refractivity contribution in [1.82, 2.24) is 10.2 Å². The Bertz CT molecular complexity index is 758. The van der Waals surface area contributed by atoms with Crippen LogP contribution in [0.15, 0.2) is 48.5 Å². The zero-order valence-corrected chi connectivity index (χ0v) is 14.3. The first-order chi connectivity index (χ1) is 12.1. The summed E-state index contributed by atoms with van der Waals surface area (Å²) in [7, 11) is 0. The number of nitrogens with zero attached hydrogens (tertiary/aromatic N) is 1. The van der Waals surface area contributed by atoms with Crippen molar-refractivity contribution < 1.29 is 14.0 Å². The van der Waals surface area contributed by atoms with Crippen LogP contribution in [0.25, 0.3) is 0 Å². The molecule has 0 unspecified atom stereocenters. The highest BCUT2D eigenvalue weighted by Gasteiger charge is 2.33. The third kappa shape index (κ3) is 4.37. The molecule has 1 N–H and O–H groups in total. The molecule has 1 fully saturated rings. The largest absolute Gasteiger partial charge is 0.343 e. The zero-order valence-electron chi connectivity index (χ0n) is 13.5. The molecule has 0 heterocycles. The Kier molecular flexibility index (Phi) is 5.34. The van der Waals surface area contributed by atoms with Crippen LogP contribution in [0.1, 0.15) is 28.8 Å². The van der Waals surface area contributed by atoms with Crippen molar-refractivity contribution in [2.24, 2.45) is 0 Å². The molecule has 130 valence electrons. The van der Waals surface area contributed by atoms with Crippen LogP contribution in [-0.2, 0) is 11.3 Å². The molecule has 6 heteroatoms. The fourth-order valence-corrected chi connectivity index (χ4v) is 2.83. The van der Waals surface area contributed by atoms with Gasteiger partial charge in [-0.3, -0.25) is 9.59 Å². The minimum Gasteiger partial charge on any atom is -0.343 e. The minimum absolute atomic E-state index is 0.0804. The topological polar surface area (TPSA) is 49.4 Å². The SMILES string of the molecule is O=C(NCC(=O)N(Cc1c(F)cccc1Cl)C1CC1)c1ccccc1. The van der Waals surface area contributed by atoms with Crippen LogP contribution in [-0.4, -0.2) is 29.3 Å². The molecular formula is C19H18ClFN2O2. The van der Waals surface area contributed by atoms with E-state index >= 15 is 0 Å². The fraction of sp³-hybridized carbons (Fsp3) is 0.263. The highest BCUT2D eigenvalue weighted by molar-refractivity contribution is 6.31. The summed E-state index contributed by atoms with van der Waals surface area (Å²) in [6, 6.07) is 13.2. The number of hydrogen-bond donors (Lipinski definition) is 1. The first-order valence-electron chi connectivity index (χ1n) is 8.12. The van der Waals surface area contributed by atoms with Crippen molar-refractivity contribution in [3.8, 4) is 0 Å². The maximum absolute atomic E-state index is 14.0. The van der Waals surface area contributed by atoms with Gasteiger partial charge in [-0.05, 0) is 37.1 Å². The number of rotatable bonds is 6. The highest BCUT2D eigenvalue weighted by Crippen LogP contribution is 2.30. The van der Waals surface area contributed by atoms with E-state index in [1.165, 1.54) is 12.1 Å². The van der Waals surface area contributed by atoms with E-state index in [9.17, 15) is 14.0 Å². The van der Waals surface area contributed by atoms with Gasteiger partial charge in [-0.1, -0.05) is 35.9 Å². The van der Waals surface area contributed by atoms with Crippen molar-refractivity contribution in [3.63, 3.8) is 0 Å². The molecule has 4 nitrogen and oxygen atoms in total. The van der Waals surface area contributed by atoms with E-state index in [1.807, 2.05) is 6.07 Å². The molecule has 0 aromatic heterocycles. The van der Waals surface area contributed by atoms with Crippen LogP contribution in [0, 0.1) is 5.82 Å². The monoisotopic (exact) mass is 360 g/mol. The van der Waals surface area contributed by atoms with Crippen molar-refractivity contribution >= 4 is 23.4 Å². The van der Waals surface area contributed by atoms with Crippen LogP contribution >= 0.6 is 11.6 Å². The van der Waals surface area contributed by atoms with Crippen molar-refractivity contribution in [2.45, 2.75) is 25.4 Å². The lowest BCUT2D eigenvalue weighted by Crippen LogP contribution is -2.41. The number of hydrogen-bond acceptors (Lipinski definition) is 2. The Labute approximate surface area is 150 Å². The normalized spacial score (nSPS) is 13.4. The molecule has 1 aliphatic rings. The van der Waals surface area contributed by atoms with Gasteiger partial charge >= 0.3 is 0 Å². The summed E-state index contributed by atoms with van der Waals surface area (Å²) in [6.45, 7) is -0.0213. The standard InChI is InChI=1S/C19H18ClFN2O2/c20-16-7-4-8-17(21)15(16)12-23(14-9-10-14)18(24)11-22-19(25)13-5-2-1-3-6-13/h1-8,14H,9-12H2,(H,22,25). The van der Waals surface area contributed by atoms with Gasteiger partial charge in [0.05, 0.1) is 13.1 Å². The Morgan fingerprint density at radius 2 is 1.84 bits per heavy atom. The summed E-state index contributed by atoms with van der Waals surface area (Å²) in [5.41, 5.74) is 0.796. The molecule has 0 spiro atoms. The van der Waals surface area contributed by atoms with E-state index in [0.717, 1.165) is 12.8 Å². The first-order valence-corrected chi connectivity index (χ1v) is 8.49. The summed E-state index contributed by atoms with van der Waals surface area (Å²) in [5.74, 6) is -0.987. The smallest absolute Gasteiger partial charge is 0.251 e. The van der Waals surface area contributed by atoms with E-state index < -0.39 is 5.82 Å². The second-order valence-corrected chi connectivity index (χ2v) is 6.41. The first kappa shape index (κ1) is 17.4. The molecule has 3 rings (SSSR count). The summed E-state index contributed by atoms with van der Waals surface area (Å²) >= 11 is 6.06. The summed E-state index contributed by atoms with van der Waals surface area (Å²) in [4.78, 5) is 26.2. The van der Waals surface area contributed by atoms with Crippen molar-refractivity contribution in [2.75, 3.05) is 6.54 Å². The van der Waals surface area contributed by atoms with Gasteiger partial charge in [-0.15, -0.1) is 0 Å². The van der Waals surface area contributed by atoms with Gasteiger partial charge in [0.2, 0.25) is 5.91 Å². The Morgan fingerprint density at radius 1 is 1.12 bits per heavy atom. The lowest BCUT2D eigenvalue weighted by molar-refractivity contribution is -0.131. The maximum atomic E-state index is 14.0. The summed E-state index contributed by atoms with van der Waals surface area (Å²) in [6.07, 6.45) is 1.76. The fourth-order valence-electron chi connectivity index (χ4n) is 2.61. The van der Waals surface area contributed by atoms with E-state index in [1.54, 1.807) is 35.2 Å². The van der Waals surface area contributed by atoms with E-state index in [4.69, 9.17) is 11.6 Å². The van der Waals surface area contributed by atoms with E-state index in [2.05, 4.69) is 5.32 Å². The summed E-state index contributed by atoms with van der Waals surface area (Å²) < 4.78 is 14.0. The van der Waals surface area contributed by atoms with Crippen LogP contribution in [0.3, 0.4) is 0 Å². The Morgan fingerprint density at radius 3 is 2.48 bits per heavy atom. The van der Waals surface area contributed by atoms with Gasteiger partial charge in [0, 0.05) is 22.2 Å². The third-order valence-electron chi connectivity index (χ3n) is 4.13. The molecule has 0 atom stereocenters. The molecule has 2 aromatic rings.